The van der Waals surface area contributed by atoms with Crippen LogP contribution >= 0.6 is 23.6 Å². The van der Waals surface area contributed by atoms with E-state index in [2.05, 4.69) is 20.4 Å². The van der Waals surface area contributed by atoms with Gasteiger partial charge < -0.3 is 18.5 Å². The quantitative estimate of drug-likeness (QED) is 0.279. The Morgan fingerprint density at radius 2 is 2.00 bits per heavy atom. The molecule has 0 amide bonds. The summed E-state index contributed by atoms with van der Waals surface area (Å²) >= 11 is 3.25. The Kier molecular flexibility index (Phi) is 10.1. The molecule has 1 aliphatic heterocycles. The first kappa shape index (κ1) is 25.7. The van der Waals surface area contributed by atoms with Crippen LogP contribution in [0, 0.1) is 0 Å². The zero-order chi connectivity index (χ0) is 19.4. The monoisotopic (exact) mass is 492 g/mol. The predicted molar refractivity (Wildman–Crippen MR) is 102 cm³/mol. The van der Waals surface area contributed by atoms with Crippen LogP contribution in [-0.2, 0) is 28.6 Å². The Morgan fingerprint density at radius 1 is 1.37 bits per heavy atom. The molecule has 12 heteroatoms. The fourth-order valence-electron chi connectivity index (χ4n) is 2.23. The number of ether oxygens (including phenoxy) is 2. The van der Waals surface area contributed by atoms with Crippen molar-refractivity contribution in [2.45, 2.75) is 30.6 Å². The van der Waals surface area contributed by atoms with Crippen LogP contribution in [0.5, 0.6) is 0 Å². The van der Waals surface area contributed by atoms with Crippen molar-refractivity contribution in [1.29, 1.82) is 0 Å². The van der Waals surface area contributed by atoms with Crippen molar-refractivity contribution in [3.8, 4) is 0 Å². The summed E-state index contributed by atoms with van der Waals surface area (Å²) in [7, 11) is -6.64. The van der Waals surface area contributed by atoms with Crippen LogP contribution in [0.25, 0.3) is 4.49 Å². The van der Waals surface area contributed by atoms with Gasteiger partial charge in [0.2, 0.25) is 0 Å². The third kappa shape index (κ3) is 7.46. The summed E-state index contributed by atoms with van der Waals surface area (Å²) in [5.41, 5.74) is 0. The molecule has 0 radical (unpaired) electrons. The average molecular weight is 493 g/mol. The van der Waals surface area contributed by atoms with Crippen molar-refractivity contribution in [1.82, 2.24) is 4.67 Å². The van der Waals surface area contributed by atoms with E-state index in [0.29, 0.717) is 11.9 Å². The molecule has 1 aromatic rings. The Hall–Kier alpha value is 0.680. The molecule has 0 aromatic heterocycles. The Labute approximate surface area is 191 Å². The van der Waals surface area contributed by atoms with Crippen LogP contribution in [0.15, 0.2) is 35.2 Å². The number of alkyl halides is 1. The summed E-state index contributed by atoms with van der Waals surface area (Å²) in [5, 5.41) is 0.480. The van der Waals surface area contributed by atoms with E-state index in [0.717, 1.165) is 0 Å². The molecular weight excluding hydrogens is 470 g/mol. The second kappa shape index (κ2) is 10.6. The van der Waals surface area contributed by atoms with E-state index in [1.807, 2.05) is 0 Å². The first-order chi connectivity index (χ1) is 12.1. The molecule has 0 bridgehead atoms. The van der Waals surface area contributed by atoms with Gasteiger partial charge in [-0.3, -0.25) is 4.57 Å². The molecule has 1 aliphatic rings. The molecule has 1 fully saturated rings. The molecule has 2 unspecified atom stereocenters. The predicted octanol–water partition coefficient (Wildman–Crippen LogP) is 0.356. The number of hydrogen-bond donors (Lipinski definition) is 0. The summed E-state index contributed by atoms with van der Waals surface area (Å²) in [6, 6.07) is 7.61. The van der Waals surface area contributed by atoms with E-state index in [4.69, 9.17) is 14.0 Å². The number of benzene rings is 1. The molecule has 8 nitrogen and oxygen atoms in total. The first-order valence-electron chi connectivity index (χ1n) is 7.96. The number of nitrogens with zero attached hydrogens (tertiary/aromatic N) is 2. The maximum absolute atomic E-state index is 13.3. The summed E-state index contributed by atoms with van der Waals surface area (Å²) in [6.45, 7) is 3.97. The molecule has 1 aromatic carbocycles. The smallest absolute Gasteiger partial charge is 0.449 e. The maximum atomic E-state index is 13.3. The first-order valence-corrected chi connectivity index (χ1v) is 12.1. The van der Waals surface area contributed by atoms with Crippen LogP contribution in [0.3, 0.4) is 0 Å². The van der Waals surface area contributed by atoms with Crippen LogP contribution in [-0.4, -0.2) is 57.1 Å². The molecule has 0 aliphatic carbocycles. The Balaban J connectivity index is 0.00000364. The molecule has 1 heterocycles. The third-order valence-corrected chi connectivity index (χ3v) is 8.04. The van der Waals surface area contributed by atoms with E-state index >= 15 is 0 Å². The molecule has 2 atom stereocenters. The van der Waals surface area contributed by atoms with Gasteiger partial charge in [-0.05, 0) is 33.0 Å². The molecule has 2 rings (SSSR count). The largest absolute Gasteiger partial charge is 1.00 e. The topological polar surface area (TPSA) is 96.2 Å². The molecule has 0 spiro atoms. The van der Waals surface area contributed by atoms with Gasteiger partial charge in [0.25, 0.3) is 0 Å². The van der Waals surface area contributed by atoms with Crippen LogP contribution in [0.4, 0.5) is 0 Å². The normalized spacial score (nSPS) is 21.6. The number of hydrogen-bond acceptors (Lipinski definition) is 6. The Morgan fingerprint density at radius 3 is 2.52 bits per heavy atom. The SMILES string of the molecule is CN(CCBr)P(=O)([N-]S(=O)(=O)c1ccccc1)OCC1COC(C)(C)O1.[Na+]. The number of rotatable bonds is 9. The van der Waals surface area contributed by atoms with E-state index in [9.17, 15) is 13.0 Å². The second-order valence-electron chi connectivity index (χ2n) is 6.18. The van der Waals surface area contributed by atoms with Crippen molar-refractivity contribution >= 4 is 33.6 Å². The third-order valence-electron chi connectivity index (χ3n) is 3.59. The van der Waals surface area contributed by atoms with E-state index < -0.39 is 29.6 Å². The summed E-state index contributed by atoms with van der Waals surface area (Å²) in [5.74, 6) is -0.757. The standard InChI is InChI=1S/C15H23BrN2O6PS.Na/c1-15(2)22-11-13(24-15)12-23-25(19,18(3)10-9-16)17-26(20,21)14-7-5-4-6-8-14;/h4-8,13H,9-12H2,1-3H3;/q-1;+1. The molecule has 0 saturated carbocycles. The van der Waals surface area contributed by atoms with Crippen molar-refractivity contribution in [3.63, 3.8) is 0 Å². The summed E-state index contributed by atoms with van der Waals surface area (Å²) in [4.78, 5) is -0.0438. The van der Waals surface area contributed by atoms with Gasteiger partial charge in [0, 0.05) is 16.8 Å². The Bertz CT molecular complexity index is 752. The van der Waals surface area contributed by atoms with Crippen LogP contribution in [0.1, 0.15) is 13.8 Å². The van der Waals surface area contributed by atoms with Gasteiger partial charge in [-0.1, -0.05) is 34.1 Å². The average Bonchev–Trinajstić information content (AvgIpc) is 2.93. The van der Waals surface area contributed by atoms with E-state index in [1.54, 1.807) is 32.0 Å². The van der Waals surface area contributed by atoms with Gasteiger partial charge in [-0.25, -0.2) is 13.1 Å². The van der Waals surface area contributed by atoms with Gasteiger partial charge in [0.05, 0.1) is 13.2 Å². The van der Waals surface area contributed by atoms with Crippen LogP contribution < -0.4 is 29.6 Å². The summed E-state index contributed by atoms with van der Waals surface area (Å²) in [6.07, 6.45) is -0.453. The van der Waals surface area contributed by atoms with Crippen molar-refractivity contribution in [2.75, 3.05) is 32.1 Å². The number of halogens is 1. The minimum absolute atomic E-state index is 0. The minimum Gasteiger partial charge on any atom is -0.449 e. The van der Waals surface area contributed by atoms with E-state index in [1.165, 1.54) is 23.9 Å². The molecule has 148 valence electrons. The van der Waals surface area contributed by atoms with Gasteiger partial charge in [0.1, 0.15) is 16.1 Å². The van der Waals surface area contributed by atoms with E-state index in [-0.39, 0.29) is 47.7 Å². The van der Waals surface area contributed by atoms with Gasteiger partial charge in [0.15, 0.2) is 13.5 Å². The summed E-state index contributed by atoms with van der Waals surface area (Å²) < 4.78 is 59.8. The number of sulfonamides is 1. The fourth-order valence-corrected chi connectivity index (χ4v) is 6.60. The van der Waals surface area contributed by atoms with Crippen molar-refractivity contribution in [3.05, 3.63) is 34.8 Å². The maximum Gasteiger partial charge on any atom is 1.00 e. The van der Waals surface area contributed by atoms with Gasteiger partial charge in [-0.2, -0.15) is 0 Å². The molecule has 0 N–H and O–H groups in total. The van der Waals surface area contributed by atoms with Crippen molar-refractivity contribution in [2.24, 2.45) is 0 Å². The zero-order valence-corrected chi connectivity index (χ0v) is 21.2. The van der Waals surface area contributed by atoms with Crippen molar-refractivity contribution < 1.29 is 56.5 Å². The molecular formula is C15H23BrN2NaO6PS. The van der Waals surface area contributed by atoms with Crippen LogP contribution in [0.2, 0.25) is 0 Å². The zero-order valence-electron chi connectivity index (χ0n) is 15.9. The van der Waals surface area contributed by atoms with Gasteiger partial charge in [-0.15, -0.1) is 0 Å². The second-order valence-corrected chi connectivity index (χ2v) is 11.0. The molecule has 1 saturated heterocycles. The minimum atomic E-state index is -4.14. The fraction of sp³-hybridized carbons (Fsp3) is 0.600. The molecule has 27 heavy (non-hydrogen) atoms. The van der Waals surface area contributed by atoms with Gasteiger partial charge >= 0.3 is 29.6 Å².